The average molecular weight is 280 g/mol. The summed E-state index contributed by atoms with van der Waals surface area (Å²) in [5, 5.41) is 8.33. The predicted octanol–water partition coefficient (Wildman–Crippen LogP) is 3.64. The van der Waals surface area contributed by atoms with Crippen LogP contribution >= 0.6 is 11.6 Å². The van der Waals surface area contributed by atoms with E-state index in [0.717, 1.165) is 17.2 Å². The van der Waals surface area contributed by atoms with Crippen LogP contribution in [0.3, 0.4) is 0 Å². The summed E-state index contributed by atoms with van der Waals surface area (Å²) in [7, 11) is 2.09. The number of nitrogens with zero attached hydrogens (tertiary/aromatic N) is 1. The minimum atomic E-state index is 0.0773. The van der Waals surface area contributed by atoms with E-state index in [4.69, 9.17) is 22.7 Å². The highest BCUT2D eigenvalue weighted by Crippen LogP contribution is 2.31. The van der Waals surface area contributed by atoms with Gasteiger partial charge in [0.15, 0.2) is 0 Å². The van der Waals surface area contributed by atoms with E-state index in [0.29, 0.717) is 11.1 Å². The molecule has 4 heteroatoms. The largest absolute Gasteiger partial charge is 0.384 e. The van der Waals surface area contributed by atoms with Crippen molar-refractivity contribution in [3.05, 3.63) is 28.8 Å². The van der Waals surface area contributed by atoms with Crippen molar-refractivity contribution in [3.8, 4) is 0 Å². The molecule has 0 radical (unpaired) electrons. The number of nitrogen functional groups attached to an aromatic ring is 1. The maximum Gasteiger partial charge on any atom is 0.124 e. The normalized spacial score (nSPS) is 23.1. The predicted molar refractivity (Wildman–Crippen MR) is 82.3 cm³/mol. The SMILES string of the molecule is CC1CCC(N(C)c2ccc(Cl)cc2C(=N)N)CC1. The van der Waals surface area contributed by atoms with Gasteiger partial charge in [0.2, 0.25) is 0 Å². The maximum absolute atomic E-state index is 7.70. The van der Waals surface area contributed by atoms with Gasteiger partial charge in [-0.2, -0.15) is 0 Å². The van der Waals surface area contributed by atoms with E-state index in [9.17, 15) is 0 Å². The number of nitrogens with two attached hydrogens (primary N) is 1. The average Bonchev–Trinajstić information content (AvgIpc) is 2.38. The molecule has 1 aliphatic carbocycles. The van der Waals surface area contributed by atoms with Gasteiger partial charge in [-0.25, -0.2) is 0 Å². The van der Waals surface area contributed by atoms with Crippen LogP contribution in [-0.4, -0.2) is 18.9 Å². The lowest BCUT2D eigenvalue weighted by atomic mass is 9.86. The standard InChI is InChI=1S/C15H22ClN3/c1-10-3-6-12(7-4-10)19(2)14-8-5-11(16)9-13(14)15(17)18/h5,8-10,12H,3-4,6-7H2,1-2H3,(H3,17,18). The molecule has 0 saturated heterocycles. The maximum atomic E-state index is 7.70. The van der Waals surface area contributed by atoms with Gasteiger partial charge in [0.05, 0.1) is 0 Å². The molecule has 0 amide bonds. The molecular weight excluding hydrogens is 258 g/mol. The number of amidine groups is 1. The van der Waals surface area contributed by atoms with Crippen LogP contribution in [0.15, 0.2) is 18.2 Å². The molecule has 0 spiro atoms. The second-order valence-electron chi connectivity index (χ2n) is 5.60. The molecule has 3 N–H and O–H groups in total. The van der Waals surface area contributed by atoms with E-state index in [1.54, 1.807) is 6.07 Å². The third-order valence-corrected chi connectivity index (χ3v) is 4.40. The van der Waals surface area contributed by atoms with Crippen molar-refractivity contribution in [2.24, 2.45) is 11.7 Å². The molecule has 0 atom stereocenters. The Morgan fingerprint density at radius 3 is 2.53 bits per heavy atom. The summed E-state index contributed by atoms with van der Waals surface area (Å²) in [6, 6.07) is 6.15. The van der Waals surface area contributed by atoms with Crippen LogP contribution in [0.1, 0.15) is 38.2 Å². The number of anilines is 1. The van der Waals surface area contributed by atoms with E-state index in [1.807, 2.05) is 12.1 Å². The van der Waals surface area contributed by atoms with Crippen molar-refractivity contribution in [3.63, 3.8) is 0 Å². The fraction of sp³-hybridized carbons (Fsp3) is 0.533. The van der Waals surface area contributed by atoms with Gasteiger partial charge in [0.25, 0.3) is 0 Å². The quantitative estimate of drug-likeness (QED) is 0.656. The molecule has 1 aliphatic rings. The molecule has 0 aliphatic heterocycles. The molecule has 2 rings (SSSR count). The lowest BCUT2D eigenvalue weighted by Crippen LogP contribution is -2.36. The van der Waals surface area contributed by atoms with Crippen LogP contribution in [0.2, 0.25) is 5.02 Å². The molecular formula is C15H22ClN3. The number of halogens is 1. The molecule has 1 aromatic rings. The van der Waals surface area contributed by atoms with Crippen molar-refractivity contribution in [2.75, 3.05) is 11.9 Å². The highest BCUT2D eigenvalue weighted by molar-refractivity contribution is 6.31. The topological polar surface area (TPSA) is 53.1 Å². The lowest BCUT2D eigenvalue weighted by molar-refractivity contribution is 0.340. The van der Waals surface area contributed by atoms with Gasteiger partial charge in [-0.05, 0) is 49.8 Å². The molecule has 1 fully saturated rings. The Labute approximate surface area is 120 Å². The van der Waals surface area contributed by atoms with Crippen molar-refractivity contribution < 1.29 is 0 Å². The number of benzene rings is 1. The van der Waals surface area contributed by atoms with E-state index < -0.39 is 0 Å². The fourth-order valence-corrected chi connectivity index (χ4v) is 3.03. The summed E-state index contributed by atoms with van der Waals surface area (Å²) < 4.78 is 0. The van der Waals surface area contributed by atoms with Gasteiger partial charge in [-0.15, -0.1) is 0 Å². The Morgan fingerprint density at radius 2 is 1.95 bits per heavy atom. The van der Waals surface area contributed by atoms with Crippen molar-refractivity contribution in [2.45, 2.75) is 38.6 Å². The van der Waals surface area contributed by atoms with Gasteiger partial charge in [-0.3, -0.25) is 5.41 Å². The molecule has 1 saturated carbocycles. The Bertz CT molecular complexity index is 464. The Morgan fingerprint density at radius 1 is 1.32 bits per heavy atom. The van der Waals surface area contributed by atoms with Crippen LogP contribution in [0.25, 0.3) is 0 Å². The minimum Gasteiger partial charge on any atom is -0.384 e. The molecule has 19 heavy (non-hydrogen) atoms. The van der Waals surface area contributed by atoms with Gasteiger partial charge < -0.3 is 10.6 Å². The molecule has 0 aromatic heterocycles. The van der Waals surface area contributed by atoms with Crippen molar-refractivity contribution in [1.29, 1.82) is 5.41 Å². The molecule has 104 valence electrons. The van der Waals surface area contributed by atoms with Gasteiger partial charge in [0.1, 0.15) is 5.84 Å². The molecule has 0 unspecified atom stereocenters. The summed E-state index contributed by atoms with van der Waals surface area (Å²) in [5.74, 6) is 0.913. The first-order valence-corrected chi connectivity index (χ1v) is 7.23. The van der Waals surface area contributed by atoms with E-state index in [1.165, 1.54) is 25.7 Å². The molecule has 0 heterocycles. The number of nitrogens with one attached hydrogen (secondary N) is 1. The number of rotatable bonds is 3. The van der Waals surface area contributed by atoms with Gasteiger partial charge >= 0.3 is 0 Å². The molecule has 3 nitrogen and oxygen atoms in total. The smallest absolute Gasteiger partial charge is 0.124 e. The third kappa shape index (κ3) is 3.21. The Balaban J connectivity index is 2.23. The second-order valence-corrected chi connectivity index (χ2v) is 6.04. The van der Waals surface area contributed by atoms with E-state index >= 15 is 0 Å². The first-order valence-electron chi connectivity index (χ1n) is 6.86. The number of hydrogen-bond acceptors (Lipinski definition) is 2. The fourth-order valence-electron chi connectivity index (χ4n) is 2.86. The molecule has 1 aromatic carbocycles. The zero-order chi connectivity index (χ0) is 14.0. The zero-order valence-electron chi connectivity index (χ0n) is 11.6. The van der Waals surface area contributed by atoms with Crippen molar-refractivity contribution in [1.82, 2.24) is 0 Å². The lowest BCUT2D eigenvalue weighted by Gasteiger charge is -2.36. The number of hydrogen-bond donors (Lipinski definition) is 2. The summed E-state index contributed by atoms with van der Waals surface area (Å²) in [6.45, 7) is 2.32. The summed E-state index contributed by atoms with van der Waals surface area (Å²) in [5.41, 5.74) is 7.41. The van der Waals surface area contributed by atoms with E-state index in [-0.39, 0.29) is 5.84 Å². The highest BCUT2D eigenvalue weighted by atomic mass is 35.5. The van der Waals surface area contributed by atoms with Gasteiger partial charge in [-0.1, -0.05) is 18.5 Å². The summed E-state index contributed by atoms with van der Waals surface area (Å²) in [6.07, 6.45) is 4.96. The first-order chi connectivity index (χ1) is 8.99. The van der Waals surface area contributed by atoms with Crippen LogP contribution in [-0.2, 0) is 0 Å². The first kappa shape index (κ1) is 14.2. The highest BCUT2D eigenvalue weighted by Gasteiger charge is 2.23. The van der Waals surface area contributed by atoms with Crippen molar-refractivity contribution >= 4 is 23.1 Å². The Kier molecular flexibility index (Phi) is 4.35. The third-order valence-electron chi connectivity index (χ3n) is 4.16. The van der Waals surface area contributed by atoms with Crippen LogP contribution < -0.4 is 10.6 Å². The van der Waals surface area contributed by atoms with Crippen LogP contribution in [0, 0.1) is 11.3 Å². The van der Waals surface area contributed by atoms with Crippen LogP contribution in [0.5, 0.6) is 0 Å². The summed E-state index contributed by atoms with van der Waals surface area (Å²) in [4.78, 5) is 2.26. The monoisotopic (exact) mass is 279 g/mol. The zero-order valence-corrected chi connectivity index (χ0v) is 12.4. The second kappa shape index (κ2) is 5.83. The molecule has 0 bridgehead atoms. The van der Waals surface area contributed by atoms with Gasteiger partial charge in [0, 0.05) is 29.4 Å². The van der Waals surface area contributed by atoms with Crippen LogP contribution in [0.4, 0.5) is 5.69 Å². The summed E-state index contributed by atoms with van der Waals surface area (Å²) >= 11 is 6.00. The Hall–Kier alpha value is -1.22. The van der Waals surface area contributed by atoms with E-state index in [2.05, 4.69) is 18.9 Å². The minimum absolute atomic E-state index is 0.0773.